The van der Waals surface area contributed by atoms with Gasteiger partial charge in [0.1, 0.15) is 5.54 Å². The number of likely N-dealkylation sites (tertiary alicyclic amines) is 1. The number of carboxylic acids is 1. The second kappa shape index (κ2) is 5.75. The zero-order valence-electron chi connectivity index (χ0n) is 12.7. The van der Waals surface area contributed by atoms with Gasteiger partial charge >= 0.3 is 12.0 Å². The van der Waals surface area contributed by atoms with E-state index in [0.717, 1.165) is 6.42 Å². The van der Waals surface area contributed by atoms with E-state index in [0.29, 0.717) is 37.2 Å². The van der Waals surface area contributed by atoms with Crippen LogP contribution in [0.4, 0.5) is 10.5 Å². The lowest BCUT2D eigenvalue weighted by Gasteiger charge is -2.34. The number of aryl methyl sites for hydroxylation is 2. The van der Waals surface area contributed by atoms with Crippen LogP contribution in [-0.4, -0.2) is 43.9 Å². The van der Waals surface area contributed by atoms with Crippen LogP contribution in [0.15, 0.2) is 6.20 Å². The van der Waals surface area contributed by atoms with E-state index in [-0.39, 0.29) is 6.03 Å². The summed E-state index contributed by atoms with van der Waals surface area (Å²) in [6, 6.07) is -0.362. The van der Waals surface area contributed by atoms with E-state index in [1.54, 1.807) is 24.9 Å². The monoisotopic (exact) mass is 294 g/mol. The predicted octanol–water partition coefficient (Wildman–Crippen LogP) is 1.98. The van der Waals surface area contributed by atoms with E-state index in [9.17, 15) is 14.7 Å². The molecule has 0 saturated carbocycles. The van der Waals surface area contributed by atoms with Gasteiger partial charge < -0.3 is 15.3 Å². The summed E-state index contributed by atoms with van der Waals surface area (Å²) in [4.78, 5) is 25.7. The minimum absolute atomic E-state index is 0.362. The van der Waals surface area contributed by atoms with Crippen LogP contribution in [0, 0.1) is 6.92 Å². The van der Waals surface area contributed by atoms with Gasteiger partial charge in [0, 0.05) is 19.8 Å². The Morgan fingerprint density at radius 2 is 2.24 bits per heavy atom. The van der Waals surface area contributed by atoms with Crippen molar-refractivity contribution in [3.63, 3.8) is 0 Å². The number of hydrogen-bond acceptors (Lipinski definition) is 3. The molecule has 1 aromatic rings. The molecule has 0 spiro atoms. The zero-order valence-corrected chi connectivity index (χ0v) is 12.7. The molecule has 1 aromatic heterocycles. The number of nitrogens with one attached hydrogen (secondary N) is 1. The number of amides is 2. The Balaban J connectivity index is 2.21. The van der Waals surface area contributed by atoms with Crippen molar-refractivity contribution in [3.8, 4) is 0 Å². The molecule has 116 valence electrons. The number of carboxylic acid groups (broad SMARTS) is 1. The van der Waals surface area contributed by atoms with Gasteiger partial charge in [0.15, 0.2) is 0 Å². The summed E-state index contributed by atoms with van der Waals surface area (Å²) in [6.07, 6.45) is 4.14. The number of aliphatic carboxylic acids is 1. The van der Waals surface area contributed by atoms with E-state index >= 15 is 0 Å². The maximum Gasteiger partial charge on any atom is 0.329 e. The summed E-state index contributed by atoms with van der Waals surface area (Å²) in [5.41, 5.74) is 0.251. The lowest BCUT2D eigenvalue weighted by Crippen LogP contribution is -2.54. The van der Waals surface area contributed by atoms with Crippen LogP contribution in [0.1, 0.15) is 38.3 Å². The molecule has 2 rings (SSSR count). The lowest BCUT2D eigenvalue weighted by atomic mass is 9.91. The van der Waals surface area contributed by atoms with Crippen molar-refractivity contribution in [2.75, 3.05) is 11.9 Å². The Morgan fingerprint density at radius 1 is 1.52 bits per heavy atom. The highest BCUT2D eigenvalue weighted by atomic mass is 16.4. The summed E-state index contributed by atoms with van der Waals surface area (Å²) >= 11 is 0. The zero-order chi connectivity index (χ0) is 15.6. The van der Waals surface area contributed by atoms with Crippen LogP contribution in [0.25, 0.3) is 0 Å². The van der Waals surface area contributed by atoms with E-state index < -0.39 is 11.5 Å². The third kappa shape index (κ3) is 2.72. The number of hydrogen-bond donors (Lipinski definition) is 2. The molecule has 0 radical (unpaired) electrons. The fourth-order valence-corrected chi connectivity index (χ4v) is 3.08. The second-order valence-corrected chi connectivity index (χ2v) is 5.57. The van der Waals surface area contributed by atoms with E-state index in [1.165, 1.54) is 4.90 Å². The Morgan fingerprint density at radius 3 is 2.76 bits per heavy atom. The summed E-state index contributed by atoms with van der Waals surface area (Å²) in [6.45, 7) is 4.21. The van der Waals surface area contributed by atoms with E-state index in [1.807, 2.05) is 6.92 Å². The van der Waals surface area contributed by atoms with Gasteiger partial charge in [-0.3, -0.25) is 4.68 Å². The molecule has 1 aliphatic heterocycles. The van der Waals surface area contributed by atoms with Gasteiger partial charge in [-0.2, -0.15) is 5.10 Å². The van der Waals surface area contributed by atoms with Crippen molar-refractivity contribution in [3.05, 3.63) is 11.9 Å². The molecule has 0 aromatic carbocycles. The summed E-state index contributed by atoms with van der Waals surface area (Å²) in [7, 11) is 1.77. The molecule has 0 bridgehead atoms. The first-order chi connectivity index (χ1) is 9.90. The molecule has 2 heterocycles. The number of carbonyl (C=O) groups is 2. The third-order valence-electron chi connectivity index (χ3n) is 4.05. The third-order valence-corrected chi connectivity index (χ3v) is 4.05. The molecule has 2 amide bonds. The van der Waals surface area contributed by atoms with Gasteiger partial charge in [0.05, 0.1) is 11.4 Å². The molecular formula is C14H22N4O3. The van der Waals surface area contributed by atoms with Crippen LogP contribution in [0.3, 0.4) is 0 Å². The van der Waals surface area contributed by atoms with Gasteiger partial charge in [-0.15, -0.1) is 0 Å². The fraction of sp³-hybridized carbons (Fsp3) is 0.643. The first kappa shape index (κ1) is 15.3. The largest absolute Gasteiger partial charge is 0.479 e. The standard InChI is InChI=1S/C14H22N4O3/c1-4-6-14(12(19)20)7-5-8-18(14)13(21)15-11-9-17(3)16-10(11)2/h9H,4-8H2,1-3H3,(H,15,21)(H,19,20). The SMILES string of the molecule is CCCC1(C(=O)O)CCCN1C(=O)Nc1cn(C)nc1C. The molecule has 1 atom stereocenters. The van der Waals surface area contributed by atoms with E-state index in [2.05, 4.69) is 10.4 Å². The van der Waals surface area contributed by atoms with Gasteiger partial charge in [-0.1, -0.05) is 13.3 Å². The highest BCUT2D eigenvalue weighted by Crippen LogP contribution is 2.34. The summed E-state index contributed by atoms with van der Waals surface area (Å²) in [5, 5.41) is 16.5. The Hall–Kier alpha value is -2.05. The maximum atomic E-state index is 12.5. The quantitative estimate of drug-likeness (QED) is 0.889. The molecule has 7 heteroatoms. The van der Waals surface area contributed by atoms with Crippen molar-refractivity contribution >= 4 is 17.7 Å². The number of urea groups is 1. The highest BCUT2D eigenvalue weighted by Gasteiger charge is 2.49. The number of carbonyl (C=O) groups excluding carboxylic acids is 1. The van der Waals surface area contributed by atoms with Crippen molar-refractivity contribution in [2.45, 2.75) is 45.1 Å². The van der Waals surface area contributed by atoms with Crippen LogP contribution < -0.4 is 5.32 Å². The van der Waals surface area contributed by atoms with E-state index in [4.69, 9.17) is 0 Å². The van der Waals surface area contributed by atoms with Crippen molar-refractivity contribution in [1.82, 2.24) is 14.7 Å². The van der Waals surface area contributed by atoms with Crippen molar-refractivity contribution < 1.29 is 14.7 Å². The number of nitrogens with zero attached hydrogens (tertiary/aromatic N) is 3. The van der Waals surface area contributed by atoms with Gasteiger partial charge in [-0.05, 0) is 26.2 Å². The molecular weight excluding hydrogens is 272 g/mol. The highest BCUT2D eigenvalue weighted by molar-refractivity contribution is 5.94. The fourth-order valence-electron chi connectivity index (χ4n) is 3.08. The molecule has 0 aliphatic carbocycles. The van der Waals surface area contributed by atoms with Gasteiger partial charge in [0.25, 0.3) is 0 Å². The van der Waals surface area contributed by atoms with Crippen LogP contribution in [-0.2, 0) is 11.8 Å². The smallest absolute Gasteiger partial charge is 0.329 e. The molecule has 1 fully saturated rings. The molecule has 7 nitrogen and oxygen atoms in total. The molecule has 1 saturated heterocycles. The summed E-state index contributed by atoms with van der Waals surface area (Å²) in [5.74, 6) is -0.917. The first-order valence-corrected chi connectivity index (χ1v) is 7.23. The normalized spacial score (nSPS) is 21.6. The Bertz CT molecular complexity index is 554. The van der Waals surface area contributed by atoms with Gasteiger partial charge in [0.2, 0.25) is 0 Å². The minimum atomic E-state index is -1.07. The average molecular weight is 294 g/mol. The van der Waals surface area contributed by atoms with Gasteiger partial charge in [-0.25, -0.2) is 9.59 Å². The number of anilines is 1. The summed E-state index contributed by atoms with van der Waals surface area (Å²) < 4.78 is 1.62. The molecule has 21 heavy (non-hydrogen) atoms. The molecule has 1 unspecified atom stereocenters. The van der Waals surface area contributed by atoms with Crippen LogP contribution in [0.2, 0.25) is 0 Å². The molecule has 2 N–H and O–H groups in total. The number of aromatic nitrogens is 2. The van der Waals surface area contributed by atoms with Crippen molar-refractivity contribution in [1.29, 1.82) is 0 Å². The van der Waals surface area contributed by atoms with Crippen LogP contribution >= 0.6 is 0 Å². The Labute approximate surface area is 123 Å². The lowest BCUT2D eigenvalue weighted by molar-refractivity contribution is -0.148. The van der Waals surface area contributed by atoms with Crippen molar-refractivity contribution in [2.24, 2.45) is 7.05 Å². The first-order valence-electron chi connectivity index (χ1n) is 7.23. The average Bonchev–Trinajstić information content (AvgIpc) is 2.95. The second-order valence-electron chi connectivity index (χ2n) is 5.57. The maximum absolute atomic E-state index is 12.5. The molecule has 1 aliphatic rings. The number of rotatable bonds is 4. The van der Waals surface area contributed by atoms with Crippen LogP contribution in [0.5, 0.6) is 0 Å². The minimum Gasteiger partial charge on any atom is -0.479 e. The Kier molecular flexibility index (Phi) is 4.20. The predicted molar refractivity (Wildman–Crippen MR) is 78.2 cm³/mol. The topological polar surface area (TPSA) is 87.5 Å².